The van der Waals surface area contributed by atoms with Crippen molar-refractivity contribution in [3.8, 4) is 0 Å². The third kappa shape index (κ3) is 3.62. The number of rotatable bonds is 6. The SMILES string of the molecule is COCCC1(CO)CCCN(c2ncc(F)c(N3CCCC3)n2)C1. The Kier molecular flexibility index (Phi) is 5.50. The molecule has 2 fully saturated rings. The van der Waals surface area contributed by atoms with Crippen molar-refractivity contribution in [2.45, 2.75) is 32.1 Å². The molecule has 1 atom stereocenters. The second-order valence-electron chi connectivity index (χ2n) is 6.96. The van der Waals surface area contributed by atoms with Crippen LogP contribution in [0.5, 0.6) is 0 Å². The van der Waals surface area contributed by atoms with Gasteiger partial charge in [0.05, 0.1) is 12.8 Å². The van der Waals surface area contributed by atoms with Gasteiger partial charge in [-0.2, -0.15) is 4.98 Å². The van der Waals surface area contributed by atoms with E-state index in [4.69, 9.17) is 4.74 Å². The average Bonchev–Trinajstić information content (AvgIpc) is 3.15. The second kappa shape index (κ2) is 7.61. The molecule has 0 bridgehead atoms. The Labute approximate surface area is 142 Å². The summed E-state index contributed by atoms with van der Waals surface area (Å²) in [6, 6.07) is 0. The maximum atomic E-state index is 14.1. The summed E-state index contributed by atoms with van der Waals surface area (Å²) in [6.45, 7) is 3.95. The van der Waals surface area contributed by atoms with Gasteiger partial charge in [0.1, 0.15) is 0 Å². The highest BCUT2D eigenvalue weighted by Crippen LogP contribution is 2.35. The Balaban J connectivity index is 1.79. The fraction of sp³-hybridized carbons (Fsp3) is 0.765. The fourth-order valence-corrected chi connectivity index (χ4v) is 3.76. The molecule has 134 valence electrons. The monoisotopic (exact) mass is 338 g/mol. The van der Waals surface area contributed by atoms with Gasteiger partial charge >= 0.3 is 0 Å². The Morgan fingerprint density at radius 1 is 1.25 bits per heavy atom. The van der Waals surface area contributed by atoms with Crippen LogP contribution < -0.4 is 9.80 Å². The number of halogens is 1. The largest absolute Gasteiger partial charge is 0.396 e. The van der Waals surface area contributed by atoms with Crippen LogP contribution in [0.15, 0.2) is 6.20 Å². The molecule has 0 amide bonds. The van der Waals surface area contributed by atoms with Crippen LogP contribution in [0.1, 0.15) is 32.1 Å². The van der Waals surface area contributed by atoms with E-state index in [2.05, 4.69) is 14.9 Å². The molecule has 1 unspecified atom stereocenters. The lowest BCUT2D eigenvalue weighted by molar-refractivity contribution is 0.0622. The molecule has 2 saturated heterocycles. The highest BCUT2D eigenvalue weighted by Gasteiger charge is 2.36. The van der Waals surface area contributed by atoms with Crippen LogP contribution in [0.3, 0.4) is 0 Å². The lowest BCUT2D eigenvalue weighted by Crippen LogP contribution is -2.46. The first-order valence-corrected chi connectivity index (χ1v) is 8.80. The first kappa shape index (κ1) is 17.4. The third-order valence-corrected chi connectivity index (χ3v) is 5.23. The minimum atomic E-state index is -0.356. The van der Waals surface area contributed by atoms with E-state index in [0.29, 0.717) is 24.9 Å². The Bertz CT molecular complexity index is 553. The summed E-state index contributed by atoms with van der Waals surface area (Å²) in [5.74, 6) is 0.619. The zero-order valence-electron chi connectivity index (χ0n) is 14.4. The van der Waals surface area contributed by atoms with Crippen LogP contribution in [-0.2, 0) is 4.74 Å². The highest BCUT2D eigenvalue weighted by molar-refractivity contribution is 5.46. The smallest absolute Gasteiger partial charge is 0.227 e. The summed E-state index contributed by atoms with van der Waals surface area (Å²) in [4.78, 5) is 12.8. The zero-order valence-corrected chi connectivity index (χ0v) is 14.4. The topological polar surface area (TPSA) is 61.7 Å². The highest BCUT2D eigenvalue weighted by atomic mass is 19.1. The number of piperidine rings is 1. The van der Waals surface area contributed by atoms with Crippen LogP contribution in [0, 0.1) is 11.2 Å². The van der Waals surface area contributed by atoms with Crippen molar-refractivity contribution >= 4 is 11.8 Å². The van der Waals surface area contributed by atoms with E-state index >= 15 is 0 Å². The van der Waals surface area contributed by atoms with E-state index in [1.165, 1.54) is 6.20 Å². The number of aromatic nitrogens is 2. The van der Waals surface area contributed by atoms with E-state index in [0.717, 1.165) is 51.7 Å². The van der Waals surface area contributed by atoms with Crippen molar-refractivity contribution in [2.24, 2.45) is 5.41 Å². The molecule has 1 aromatic heterocycles. The second-order valence-corrected chi connectivity index (χ2v) is 6.96. The first-order chi connectivity index (χ1) is 11.7. The minimum Gasteiger partial charge on any atom is -0.396 e. The predicted molar refractivity (Wildman–Crippen MR) is 90.9 cm³/mol. The molecule has 1 N–H and O–H groups in total. The van der Waals surface area contributed by atoms with Gasteiger partial charge in [-0.15, -0.1) is 0 Å². The molecule has 24 heavy (non-hydrogen) atoms. The summed E-state index contributed by atoms with van der Waals surface area (Å²) >= 11 is 0. The van der Waals surface area contributed by atoms with E-state index < -0.39 is 0 Å². The third-order valence-electron chi connectivity index (χ3n) is 5.23. The van der Waals surface area contributed by atoms with Crippen LogP contribution in [0.25, 0.3) is 0 Å². The average molecular weight is 338 g/mol. The normalized spacial score (nSPS) is 24.6. The van der Waals surface area contributed by atoms with Crippen LogP contribution >= 0.6 is 0 Å². The maximum absolute atomic E-state index is 14.1. The number of ether oxygens (including phenoxy) is 1. The van der Waals surface area contributed by atoms with Gasteiger partial charge in [-0.05, 0) is 32.1 Å². The summed E-state index contributed by atoms with van der Waals surface area (Å²) in [6.07, 6.45) is 6.16. The molecule has 7 heteroatoms. The molecule has 3 rings (SSSR count). The Morgan fingerprint density at radius 3 is 2.71 bits per heavy atom. The van der Waals surface area contributed by atoms with E-state index in [1.807, 2.05) is 4.90 Å². The van der Waals surface area contributed by atoms with E-state index in [1.54, 1.807) is 7.11 Å². The molecule has 0 radical (unpaired) electrons. The van der Waals surface area contributed by atoms with Crippen molar-refractivity contribution in [1.82, 2.24) is 9.97 Å². The summed E-state index contributed by atoms with van der Waals surface area (Å²) < 4.78 is 19.3. The van der Waals surface area contributed by atoms with Crippen molar-refractivity contribution in [2.75, 3.05) is 56.3 Å². The summed E-state index contributed by atoms with van der Waals surface area (Å²) in [7, 11) is 1.68. The molecule has 0 aliphatic carbocycles. The number of nitrogens with zero attached hydrogens (tertiary/aromatic N) is 4. The van der Waals surface area contributed by atoms with Gasteiger partial charge in [0, 0.05) is 45.3 Å². The van der Waals surface area contributed by atoms with Gasteiger partial charge in [-0.25, -0.2) is 9.37 Å². The molecule has 2 aliphatic heterocycles. The Morgan fingerprint density at radius 2 is 2.00 bits per heavy atom. The molecular formula is C17H27FN4O2. The van der Waals surface area contributed by atoms with Gasteiger partial charge < -0.3 is 19.6 Å². The molecule has 0 aromatic carbocycles. The van der Waals surface area contributed by atoms with Crippen molar-refractivity contribution in [3.05, 3.63) is 12.0 Å². The van der Waals surface area contributed by atoms with Gasteiger partial charge in [0.25, 0.3) is 0 Å². The zero-order chi connectivity index (χ0) is 17.0. The maximum Gasteiger partial charge on any atom is 0.227 e. The van der Waals surface area contributed by atoms with E-state index in [9.17, 15) is 9.50 Å². The van der Waals surface area contributed by atoms with Crippen LogP contribution in [0.2, 0.25) is 0 Å². The lowest BCUT2D eigenvalue weighted by Gasteiger charge is -2.42. The first-order valence-electron chi connectivity index (χ1n) is 8.80. The number of hydrogen-bond acceptors (Lipinski definition) is 6. The molecule has 0 saturated carbocycles. The van der Waals surface area contributed by atoms with Crippen molar-refractivity contribution < 1.29 is 14.2 Å². The lowest BCUT2D eigenvalue weighted by atomic mass is 9.78. The molecule has 6 nitrogen and oxygen atoms in total. The number of aliphatic hydroxyl groups is 1. The van der Waals surface area contributed by atoms with Gasteiger partial charge in [0.2, 0.25) is 5.95 Å². The molecule has 1 aromatic rings. The predicted octanol–water partition coefficient (Wildman–Crippen LogP) is 1.83. The number of methoxy groups -OCH3 is 1. The van der Waals surface area contributed by atoms with Gasteiger partial charge in [-0.1, -0.05) is 0 Å². The minimum absolute atomic E-state index is 0.118. The van der Waals surface area contributed by atoms with Gasteiger partial charge in [-0.3, -0.25) is 0 Å². The number of hydrogen-bond donors (Lipinski definition) is 1. The number of anilines is 2. The molecule has 0 spiro atoms. The van der Waals surface area contributed by atoms with Crippen LogP contribution in [0.4, 0.5) is 16.2 Å². The van der Waals surface area contributed by atoms with E-state index in [-0.39, 0.29) is 17.8 Å². The molecular weight excluding hydrogens is 311 g/mol. The number of aliphatic hydroxyl groups excluding tert-OH is 1. The Hall–Kier alpha value is -1.47. The van der Waals surface area contributed by atoms with Crippen LogP contribution in [-0.4, -0.2) is 61.6 Å². The quantitative estimate of drug-likeness (QED) is 0.854. The van der Waals surface area contributed by atoms with Crippen molar-refractivity contribution in [1.29, 1.82) is 0 Å². The summed E-state index contributed by atoms with van der Waals surface area (Å²) in [5.41, 5.74) is -0.195. The molecule has 3 heterocycles. The van der Waals surface area contributed by atoms with Gasteiger partial charge in [0.15, 0.2) is 11.6 Å². The fourth-order valence-electron chi connectivity index (χ4n) is 3.76. The van der Waals surface area contributed by atoms with Crippen molar-refractivity contribution in [3.63, 3.8) is 0 Å². The molecule has 2 aliphatic rings. The summed E-state index contributed by atoms with van der Waals surface area (Å²) in [5, 5.41) is 9.91. The standard InChI is InChI=1S/C17H27FN4O2/c1-24-10-6-17(13-23)5-4-9-22(12-17)16-19-11-14(18)15(20-16)21-7-2-3-8-21/h11,23H,2-10,12-13H2,1H3.